The number of hydrogen-bond donors (Lipinski definition) is 1. The smallest absolute Gasteiger partial charge is 0.307 e. The Morgan fingerprint density at radius 1 is 1.35 bits per heavy atom. The van der Waals surface area contributed by atoms with Gasteiger partial charge in [0.1, 0.15) is 0 Å². The molecule has 2 atom stereocenters. The average Bonchev–Trinajstić information content (AvgIpc) is 3.09. The maximum absolute atomic E-state index is 12.0. The number of carboxylic acids is 1. The van der Waals surface area contributed by atoms with Crippen LogP contribution < -0.4 is 0 Å². The molecule has 2 unspecified atom stereocenters. The van der Waals surface area contributed by atoms with Gasteiger partial charge < -0.3 is 5.11 Å². The molecule has 0 heterocycles. The molecular formula is C12H14O4S. The maximum Gasteiger partial charge on any atom is 0.307 e. The van der Waals surface area contributed by atoms with Crippen molar-refractivity contribution in [3.05, 3.63) is 29.8 Å². The van der Waals surface area contributed by atoms with Gasteiger partial charge in [0, 0.05) is 0 Å². The van der Waals surface area contributed by atoms with Gasteiger partial charge in [-0.25, -0.2) is 8.42 Å². The summed E-state index contributed by atoms with van der Waals surface area (Å²) in [6, 6.07) is 6.66. The molecule has 1 aliphatic rings. The van der Waals surface area contributed by atoms with E-state index < -0.39 is 27.0 Å². The van der Waals surface area contributed by atoms with Gasteiger partial charge >= 0.3 is 5.97 Å². The Bertz CT molecular complexity index is 530. The van der Waals surface area contributed by atoms with E-state index in [2.05, 4.69) is 0 Å². The molecule has 2 rings (SSSR count). The van der Waals surface area contributed by atoms with Crippen molar-refractivity contribution < 1.29 is 18.3 Å². The number of hydrogen-bond acceptors (Lipinski definition) is 3. The van der Waals surface area contributed by atoms with Crippen molar-refractivity contribution in [2.24, 2.45) is 5.92 Å². The van der Waals surface area contributed by atoms with Crippen molar-refractivity contribution in [3.63, 3.8) is 0 Å². The Balaban J connectivity index is 2.24. The molecule has 0 amide bonds. The molecule has 1 aromatic carbocycles. The summed E-state index contributed by atoms with van der Waals surface area (Å²) in [6.45, 7) is 1.99. The van der Waals surface area contributed by atoms with Crippen LogP contribution in [0.4, 0.5) is 0 Å². The molecule has 17 heavy (non-hydrogen) atoms. The number of sulfone groups is 1. The van der Waals surface area contributed by atoms with Gasteiger partial charge in [-0.1, -0.05) is 19.1 Å². The minimum Gasteiger partial charge on any atom is -0.481 e. The monoisotopic (exact) mass is 254 g/mol. The summed E-state index contributed by atoms with van der Waals surface area (Å²) in [5, 5.41) is 8.01. The van der Waals surface area contributed by atoms with Crippen LogP contribution in [0.15, 0.2) is 29.2 Å². The highest BCUT2D eigenvalue weighted by Crippen LogP contribution is 2.40. The van der Waals surface area contributed by atoms with Crippen LogP contribution in [0.5, 0.6) is 0 Å². The highest BCUT2D eigenvalue weighted by molar-refractivity contribution is 7.92. The second-order valence-electron chi connectivity index (χ2n) is 4.26. The third-order valence-electron chi connectivity index (χ3n) is 3.11. The van der Waals surface area contributed by atoms with E-state index in [9.17, 15) is 13.2 Å². The average molecular weight is 254 g/mol. The van der Waals surface area contributed by atoms with Crippen LogP contribution in [0.2, 0.25) is 0 Å². The molecule has 1 N–H and O–H groups in total. The number of aliphatic carboxylic acids is 1. The molecule has 0 aliphatic heterocycles. The Hall–Kier alpha value is -1.36. The van der Waals surface area contributed by atoms with E-state index in [-0.39, 0.29) is 11.3 Å². The predicted octanol–water partition coefficient (Wildman–Crippen LogP) is 1.50. The summed E-state index contributed by atoms with van der Waals surface area (Å²) in [5.74, 6) is -1.75. The summed E-state index contributed by atoms with van der Waals surface area (Å²) >= 11 is 0. The van der Waals surface area contributed by atoms with Crippen LogP contribution >= 0.6 is 0 Å². The van der Waals surface area contributed by atoms with Crippen molar-refractivity contribution in [1.29, 1.82) is 0 Å². The van der Waals surface area contributed by atoms with E-state index in [1.807, 2.05) is 6.92 Å². The van der Waals surface area contributed by atoms with Crippen molar-refractivity contribution in [2.75, 3.05) is 0 Å². The van der Waals surface area contributed by atoms with E-state index in [4.69, 9.17) is 5.11 Å². The van der Waals surface area contributed by atoms with Crippen LogP contribution in [0.3, 0.4) is 0 Å². The lowest BCUT2D eigenvalue weighted by Crippen LogP contribution is -2.13. The lowest BCUT2D eigenvalue weighted by atomic mass is 10.2. The van der Waals surface area contributed by atoms with Gasteiger partial charge in [0.2, 0.25) is 0 Å². The number of carbonyl (C=O) groups is 1. The molecule has 1 saturated carbocycles. The van der Waals surface area contributed by atoms with Gasteiger partial charge in [0.25, 0.3) is 0 Å². The number of carboxylic acid groups (broad SMARTS) is 1. The van der Waals surface area contributed by atoms with E-state index >= 15 is 0 Å². The second kappa shape index (κ2) is 4.14. The predicted molar refractivity (Wildman–Crippen MR) is 62.5 cm³/mol. The summed E-state index contributed by atoms with van der Waals surface area (Å²) < 4.78 is 24.1. The van der Waals surface area contributed by atoms with Crippen molar-refractivity contribution in [2.45, 2.75) is 29.9 Å². The Morgan fingerprint density at radius 2 is 1.94 bits per heavy atom. The zero-order chi connectivity index (χ0) is 12.6. The minimum atomic E-state index is -3.47. The molecule has 0 spiro atoms. The molecule has 1 aromatic rings. The number of rotatable bonds is 4. The molecule has 0 radical (unpaired) electrons. The first-order valence-electron chi connectivity index (χ1n) is 5.52. The van der Waals surface area contributed by atoms with E-state index in [0.29, 0.717) is 0 Å². The third-order valence-corrected chi connectivity index (χ3v) is 5.36. The Morgan fingerprint density at radius 3 is 2.35 bits per heavy atom. The fourth-order valence-corrected chi connectivity index (χ4v) is 3.74. The first-order chi connectivity index (χ1) is 7.96. The molecule has 1 aliphatic carbocycles. The van der Waals surface area contributed by atoms with Crippen LogP contribution in [-0.4, -0.2) is 24.7 Å². The summed E-state index contributed by atoms with van der Waals surface area (Å²) in [5.41, 5.74) is 1.06. The Labute approximate surface area is 100 Å². The largest absolute Gasteiger partial charge is 0.481 e. The SMILES string of the molecule is CCc1ccc(S(=O)(=O)C2CC2C(=O)O)cc1. The first kappa shape index (κ1) is 12.1. The number of benzene rings is 1. The lowest BCUT2D eigenvalue weighted by molar-refractivity contribution is -0.138. The molecule has 0 bridgehead atoms. The van der Waals surface area contributed by atoms with Crippen LogP contribution in [-0.2, 0) is 21.1 Å². The topological polar surface area (TPSA) is 71.4 Å². The van der Waals surface area contributed by atoms with Gasteiger partial charge in [-0.15, -0.1) is 0 Å². The fraction of sp³-hybridized carbons (Fsp3) is 0.417. The first-order valence-corrected chi connectivity index (χ1v) is 7.07. The van der Waals surface area contributed by atoms with Gasteiger partial charge in [-0.2, -0.15) is 0 Å². The molecule has 4 nitrogen and oxygen atoms in total. The lowest BCUT2D eigenvalue weighted by Gasteiger charge is -2.04. The summed E-state index contributed by atoms with van der Waals surface area (Å²) in [7, 11) is -3.47. The zero-order valence-electron chi connectivity index (χ0n) is 9.46. The zero-order valence-corrected chi connectivity index (χ0v) is 10.3. The normalized spacial score (nSPS) is 23.4. The minimum absolute atomic E-state index is 0.225. The molecule has 1 fully saturated rings. The molecule has 92 valence electrons. The van der Waals surface area contributed by atoms with Gasteiger partial charge in [-0.05, 0) is 30.5 Å². The summed E-state index contributed by atoms with van der Waals surface area (Å²) in [6.07, 6.45) is 1.08. The highest BCUT2D eigenvalue weighted by Gasteiger charge is 2.52. The van der Waals surface area contributed by atoms with Gasteiger partial charge in [0.15, 0.2) is 9.84 Å². The van der Waals surface area contributed by atoms with E-state index in [0.717, 1.165) is 12.0 Å². The van der Waals surface area contributed by atoms with E-state index in [1.54, 1.807) is 24.3 Å². The van der Waals surface area contributed by atoms with Crippen molar-refractivity contribution >= 4 is 15.8 Å². The maximum atomic E-state index is 12.0. The Kier molecular flexibility index (Phi) is 2.95. The van der Waals surface area contributed by atoms with Gasteiger partial charge in [-0.3, -0.25) is 4.79 Å². The molecular weight excluding hydrogens is 240 g/mol. The second-order valence-corrected chi connectivity index (χ2v) is 6.43. The van der Waals surface area contributed by atoms with Crippen LogP contribution in [0.1, 0.15) is 18.9 Å². The third kappa shape index (κ3) is 2.20. The standard InChI is InChI=1S/C12H14O4S/c1-2-8-3-5-9(6-4-8)17(15,16)11-7-10(11)12(13)14/h3-6,10-11H,2,7H2,1H3,(H,13,14). The van der Waals surface area contributed by atoms with Crippen LogP contribution in [0, 0.1) is 5.92 Å². The van der Waals surface area contributed by atoms with Crippen LogP contribution in [0.25, 0.3) is 0 Å². The van der Waals surface area contributed by atoms with E-state index in [1.165, 1.54) is 0 Å². The van der Waals surface area contributed by atoms with Gasteiger partial charge in [0.05, 0.1) is 16.1 Å². The van der Waals surface area contributed by atoms with Crippen molar-refractivity contribution in [3.8, 4) is 0 Å². The molecule has 0 aromatic heterocycles. The molecule has 0 saturated heterocycles. The fourth-order valence-electron chi connectivity index (χ4n) is 1.86. The summed E-state index contributed by atoms with van der Waals surface area (Å²) in [4.78, 5) is 10.9. The highest BCUT2D eigenvalue weighted by atomic mass is 32.2. The molecule has 5 heteroatoms. The quantitative estimate of drug-likeness (QED) is 0.883. The van der Waals surface area contributed by atoms with Crippen molar-refractivity contribution in [1.82, 2.24) is 0 Å². The number of aryl methyl sites for hydroxylation is 1.